The number of nitrogens with two attached hydrogens (primary N) is 2. The van der Waals surface area contributed by atoms with Crippen molar-refractivity contribution in [3.63, 3.8) is 0 Å². The van der Waals surface area contributed by atoms with Crippen molar-refractivity contribution in [1.82, 2.24) is 0 Å². The summed E-state index contributed by atoms with van der Waals surface area (Å²) in [6.45, 7) is 0.576. The van der Waals surface area contributed by atoms with Gasteiger partial charge in [0.15, 0.2) is 0 Å². The van der Waals surface area contributed by atoms with Crippen LogP contribution in [0.5, 0.6) is 17.2 Å². The molecule has 5 nitrogen and oxygen atoms in total. The summed E-state index contributed by atoms with van der Waals surface area (Å²) in [4.78, 5) is 0. The van der Waals surface area contributed by atoms with E-state index in [4.69, 9.17) is 20.9 Å². The Morgan fingerprint density at radius 1 is 1.28 bits per heavy atom. The predicted octanol–water partition coefficient (Wildman–Crippen LogP) is 1.57. The fourth-order valence-electron chi connectivity index (χ4n) is 1.73. The Morgan fingerprint density at radius 2 is 1.94 bits per heavy atom. The predicted molar refractivity (Wildman–Crippen MR) is 73.7 cm³/mol. The highest BCUT2D eigenvalue weighted by Gasteiger charge is 2.18. The molecule has 0 aliphatic rings. The number of ether oxygens (including phenoxy) is 2. The van der Waals surface area contributed by atoms with E-state index in [1.165, 1.54) is 20.3 Å². The van der Waals surface area contributed by atoms with Crippen LogP contribution < -0.4 is 20.9 Å². The standard InChI is InChI=1S/C12H20N2O3.ClH/c1-16-8-6-10(15)12(11(7-8)17-2)9(14)4-3-5-13;/h6-7,9,15H,3-5,13-14H2,1-2H3;1H/t9-;/m1./s1. The monoisotopic (exact) mass is 276 g/mol. The van der Waals surface area contributed by atoms with Gasteiger partial charge in [-0.15, -0.1) is 12.4 Å². The molecule has 1 aromatic rings. The van der Waals surface area contributed by atoms with E-state index in [0.29, 0.717) is 30.0 Å². The van der Waals surface area contributed by atoms with Crippen molar-refractivity contribution in [3.05, 3.63) is 17.7 Å². The lowest BCUT2D eigenvalue weighted by Gasteiger charge is -2.18. The molecule has 0 amide bonds. The van der Waals surface area contributed by atoms with Gasteiger partial charge in [0, 0.05) is 18.2 Å². The average Bonchev–Trinajstić information content (AvgIpc) is 2.34. The molecule has 1 rings (SSSR count). The second-order valence-electron chi connectivity index (χ2n) is 3.80. The van der Waals surface area contributed by atoms with E-state index in [1.54, 1.807) is 6.07 Å². The third-order valence-corrected chi connectivity index (χ3v) is 2.64. The van der Waals surface area contributed by atoms with E-state index in [1.807, 2.05) is 0 Å². The van der Waals surface area contributed by atoms with Crippen molar-refractivity contribution in [1.29, 1.82) is 0 Å². The Kier molecular flexibility index (Phi) is 7.50. The quantitative estimate of drug-likeness (QED) is 0.734. The van der Waals surface area contributed by atoms with Crippen LogP contribution >= 0.6 is 12.4 Å². The van der Waals surface area contributed by atoms with Gasteiger partial charge < -0.3 is 26.0 Å². The molecule has 0 saturated heterocycles. The summed E-state index contributed by atoms with van der Waals surface area (Å²) in [7, 11) is 3.07. The first-order chi connectivity index (χ1) is 8.13. The first kappa shape index (κ1) is 16.8. The van der Waals surface area contributed by atoms with Gasteiger partial charge in [0.2, 0.25) is 0 Å². The molecular formula is C12H21ClN2O3. The third-order valence-electron chi connectivity index (χ3n) is 2.64. The lowest BCUT2D eigenvalue weighted by atomic mass is 10.0. The molecule has 0 spiro atoms. The Morgan fingerprint density at radius 3 is 2.44 bits per heavy atom. The second kappa shape index (κ2) is 8.02. The number of methoxy groups -OCH3 is 2. The smallest absolute Gasteiger partial charge is 0.131 e. The summed E-state index contributed by atoms with van der Waals surface area (Å²) >= 11 is 0. The van der Waals surface area contributed by atoms with Crippen molar-refractivity contribution >= 4 is 12.4 Å². The second-order valence-corrected chi connectivity index (χ2v) is 3.80. The number of hydrogen-bond donors (Lipinski definition) is 3. The number of benzene rings is 1. The van der Waals surface area contributed by atoms with Crippen LogP contribution in [0, 0.1) is 0 Å². The molecular weight excluding hydrogens is 256 g/mol. The first-order valence-electron chi connectivity index (χ1n) is 5.54. The van der Waals surface area contributed by atoms with Crippen molar-refractivity contribution in [2.75, 3.05) is 20.8 Å². The minimum Gasteiger partial charge on any atom is -0.507 e. The maximum atomic E-state index is 9.93. The molecule has 18 heavy (non-hydrogen) atoms. The first-order valence-corrected chi connectivity index (χ1v) is 5.54. The molecule has 0 unspecified atom stereocenters. The fourth-order valence-corrected chi connectivity index (χ4v) is 1.73. The van der Waals surface area contributed by atoms with Crippen molar-refractivity contribution in [2.45, 2.75) is 18.9 Å². The zero-order valence-corrected chi connectivity index (χ0v) is 11.5. The summed E-state index contributed by atoms with van der Waals surface area (Å²) in [6.07, 6.45) is 1.50. The van der Waals surface area contributed by atoms with Gasteiger partial charge in [0.1, 0.15) is 17.2 Å². The van der Waals surface area contributed by atoms with Crippen LogP contribution in [0.2, 0.25) is 0 Å². The summed E-state index contributed by atoms with van der Waals surface area (Å²) in [6, 6.07) is 2.94. The molecule has 1 aromatic carbocycles. The summed E-state index contributed by atoms with van der Waals surface area (Å²) in [5.41, 5.74) is 12.1. The lowest BCUT2D eigenvalue weighted by Crippen LogP contribution is -2.14. The molecule has 0 heterocycles. The van der Waals surface area contributed by atoms with Crippen LogP contribution in [0.15, 0.2) is 12.1 Å². The summed E-state index contributed by atoms with van der Waals surface area (Å²) < 4.78 is 10.3. The number of phenols is 1. The fraction of sp³-hybridized carbons (Fsp3) is 0.500. The van der Waals surface area contributed by atoms with Gasteiger partial charge in [-0.25, -0.2) is 0 Å². The molecule has 6 heteroatoms. The molecule has 0 radical (unpaired) electrons. The van der Waals surface area contributed by atoms with E-state index in [9.17, 15) is 5.11 Å². The minimum atomic E-state index is -0.292. The maximum Gasteiger partial charge on any atom is 0.131 e. The van der Waals surface area contributed by atoms with Crippen LogP contribution in [0.25, 0.3) is 0 Å². The highest BCUT2D eigenvalue weighted by atomic mass is 35.5. The van der Waals surface area contributed by atoms with E-state index >= 15 is 0 Å². The SMILES string of the molecule is COc1cc(O)c([C@H](N)CCCN)c(OC)c1.Cl. The normalized spacial score (nSPS) is 11.6. The summed E-state index contributed by atoms with van der Waals surface area (Å²) in [5, 5.41) is 9.93. The van der Waals surface area contributed by atoms with Crippen LogP contribution in [0.3, 0.4) is 0 Å². The number of hydrogen-bond acceptors (Lipinski definition) is 5. The third kappa shape index (κ3) is 3.94. The van der Waals surface area contributed by atoms with Gasteiger partial charge in [-0.05, 0) is 19.4 Å². The van der Waals surface area contributed by atoms with Crippen molar-refractivity contribution < 1.29 is 14.6 Å². The van der Waals surface area contributed by atoms with E-state index in [0.717, 1.165) is 6.42 Å². The molecule has 0 aliphatic carbocycles. The van der Waals surface area contributed by atoms with Crippen molar-refractivity contribution in [2.24, 2.45) is 11.5 Å². The molecule has 0 saturated carbocycles. The van der Waals surface area contributed by atoms with Crippen LogP contribution in [-0.4, -0.2) is 25.9 Å². The van der Waals surface area contributed by atoms with Gasteiger partial charge >= 0.3 is 0 Å². The van der Waals surface area contributed by atoms with Crippen LogP contribution in [0.4, 0.5) is 0 Å². The molecule has 104 valence electrons. The maximum absolute atomic E-state index is 9.93. The van der Waals surface area contributed by atoms with Gasteiger partial charge in [-0.1, -0.05) is 0 Å². The highest BCUT2D eigenvalue weighted by Crippen LogP contribution is 2.37. The molecule has 0 bridgehead atoms. The van der Waals surface area contributed by atoms with Gasteiger partial charge in [-0.3, -0.25) is 0 Å². The number of aromatic hydroxyl groups is 1. The number of rotatable bonds is 6. The Labute approximate surface area is 113 Å². The molecule has 0 aliphatic heterocycles. The van der Waals surface area contributed by atoms with E-state index < -0.39 is 0 Å². The van der Waals surface area contributed by atoms with Crippen molar-refractivity contribution in [3.8, 4) is 17.2 Å². The largest absolute Gasteiger partial charge is 0.507 e. The summed E-state index contributed by atoms with van der Waals surface area (Å²) in [5.74, 6) is 1.16. The minimum absolute atomic E-state index is 0. The van der Waals surface area contributed by atoms with Crippen LogP contribution in [0.1, 0.15) is 24.4 Å². The molecule has 0 fully saturated rings. The van der Waals surface area contributed by atoms with Crippen LogP contribution in [-0.2, 0) is 0 Å². The molecule has 1 atom stereocenters. The van der Waals surface area contributed by atoms with E-state index in [-0.39, 0.29) is 24.2 Å². The Balaban J connectivity index is 0.00000289. The molecule has 5 N–H and O–H groups in total. The zero-order valence-electron chi connectivity index (χ0n) is 10.7. The number of phenolic OH excluding ortho intramolecular Hbond substituents is 1. The lowest BCUT2D eigenvalue weighted by molar-refractivity contribution is 0.373. The van der Waals surface area contributed by atoms with Gasteiger partial charge in [0.25, 0.3) is 0 Å². The number of halogens is 1. The Bertz CT molecular complexity index is 375. The van der Waals surface area contributed by atoms with Gasteiger partial charge in [0.05, 0.1) is 19.8 Å². The zero-order chi connectivity index (χ0) is 12.8. The topological polar surface area (TPSA) is 90.7 Å². The van der Waals surface area contributed by atoms with Gasteiger partial charge in [-0.2, -0.15) is 0 Å². The molecule has 0 aromatic heterocycles. The Hall–Kier alpha value is -1.17. The highest BCUT2D eigenvalue weighted by molar-refractivity contribution is 5.85. The average molecular weight is 277 g/mol. The van der Waals surface area contributed by atoms with E-state index in [2.05, 4.69) is 0 Å².